The van der Waals surface area contributed by atoms with Gasteiger partial charge in [0, 0.05) is 31.0 Å². The molecule has 1 unspecified atom stereocenters. The zero-order valence-electron chi connectivity index (χ0n) is 15.1. The number of carbonyl (C=O) groups excluding carboxylic acids is 2. The van der Waals surface area contributed by atoms with Crippen LogP contribution in [-0.4, -0.2) is 58.8 Å². The first-order valence-electron chi connectivity index (χ1n) is 8.49. The molecule has 27 heavy (non-hydrogen) atoms. The molecule has 1 saturated heterocycles. The second-order valence-electron chi connectivity index (χ2n) is 6.58. The van der Waals surface area contributed by atoms with Gasteiger partial charge in [0.15, 0.2) is 0 Å². The number of aromatic nitrogens is 1. The number of pyridine rings is 1. The maximum absolute atomic E-state index is 13.2. The zero-order chi connectivity index (χ0) is 19.6. The molecule has 140 valence electrons. The Balaban J connectivity index is 2.12. The van der Waals surface area contributed by atoms with E-state index in [-0.39, 0.29) is 16.9 Å². The van der Waals surface area contributed by atoms with Crippen molar-refractivity contribution in [3.63, 3.8) is 0 Å². The summed E-state index contributed by atoms with van der Waals surface area (Å²) in [5.41, 5.74) is 0.948. The zero-order valence-corrected chi connectivity index (χ0v) is 15.1. The lowest BCUT2D eigenvalue weighted by Crippen LogP contribution is -2.35. The van der Waals surface area contributed by atoms with Crippen LogP contribution in [-0.2, 0) is 9.59 Å². The van der Waals surface area contributed by atoms with Crippen LogP contribution in [0.3, 0.4) is 0 Å². The molecule has 0 bridgehead atoms. The minimum atomic E-state index is -0.752. The van der Waals surface area contributed by atoms with Gasteiger partial charge in [-0.2, -0.15) is 0 Å². The molecule has 1 amide bonds. The Morgan fingerprint density at radius 2 is 1.78 bits per heavy atom. The first-order chi connectivity index (χ1) is 12.9. The fourth-order valence-corrected chi connectivity index (χ4v) is 3.07. The van der Waals surface area contributed by atoms with Gasteiger partial charge < -0.3 is 14.9 Å². The van der Waals surface area contributed by atoms with Crippen molar-refractivity contribution in [2.75, 3.05) is 27.2 Å². The van der Waals surface area contributed by atoms with E-state index in [0.717, 1.165) is 0 Å². The number of carbonyl (C=O) groups is 2. The van der Waals surface area contributed by atoms with Crippen LogP contribution in [0.15, 0.2) is 54.4 Å². The standard InChI is InChI=1S/C20H20FN3O3/c1-23(2)11-12-24-17(13-7-9-22-10-8-13)16(19(26)20(24)27)18(25)14-3-5-15(21)6-4-14/h3-10,17,25H,11-12H2,1-2H3. The first kappa shape index (κ1) is 18.7. The van der Waals surface area contributed by atoms with Crippen LogP contribution in [0, 0.1) is 5.82 Å². The summed E-state index contributed by atoms with van der Waals surface area (Å²) in [7, 11) is 3.74. The second kappa shape index (κ2) is 7.67. The van der Waals surface area contributed by atoms with E-state index in [4.69, 9.17) is 0 Å². The summed E-state index contributed by atoms with van der Waals surface area (Å²) < 4.78 is 13.2. The molecule has 0 radical (unpaired) electrons. The van der Waals surface area contributed by atoms with Crippen LogP contribution in [0.1, 0.15) is 17.2 Å². The molecule has 3 rings (SSSR count). The highest BCUT2D eigenvalue weighted by Gasteiger charge is 2.45. The first-order valence-corrected chi connectivity index (χ1v) is 8.49. The van der Waals surface area contributed by atoms with Gasteiger partial charge in [-0.05, 0) is 56.1 Å². The van der Waals surface area contributed by atoms with E-state index < -0.39 is 23.5 Å². The van der Waals surface area contributed by atoms with E-state index in [1.54, 1.807) is 24.5 Å². The summed E-state index contributed by atoms with van der Waals surface area (Å²) in [6, 6.07) is 7.83. The third-order valence-corrected chi connectivity index (χ3v) is 4.47. The molecule has 0 saturated carbocycles. The third-order valence-electron chi connectivity index (χ3n) is 4.47. The fourth-order valence-electron chi connectivity index (χ4n) is 3.07. The van der Waals surface area contributed by atoms with Gasteiger partial charge in [0.1, 0.15) is 11.6 Å². The number of hydrogen-bond donors (Lipinski definition) is 1. The van der Waals surface area contributed by atoms with Crippen LogP contribution in [0.2, 0.25) is 0 Å². The molecule has 1 N–H and O–H groups in total. The van der Waals surface area contributed by atoms with Crippen LogP contribution in [0.4, 0.5) is 4.39 Å². The van der Waals surface area contributed by atoms with E-state index in [1.165, 1.54) is 29.2 Å². The molecule has 1 fully saturated rings. The van der Waals surface area contributed by atoms with Gasteiger partial charge in [-0.1, -0.05) is 0 Å². The molecule has 1 aliphatic heterocycles. The maximum atomic E-state index is 13.2. The number of aliphatic hydroxyl groups excluding tert-OH is 1. The van der Waals surface area contributed by atoms with Gasteiger partial charge in [-0.3, -0.25) is 14.6 Å². The number of benzene rings is 1. The summed E-state index contributed by atoms with van der Waals surface area (Å²) in [5.74, 6) is -2.19. The van der Waals surface area contributed by atoms with E-state index in [2.05, 4.69) is 4.98 Å². The molecule has 6 nitrogen and oxygen atoms in total. The molecule has 0 aliphatic carbocycles. The van der Waals surface area contributed by atoms with Crippen molar-refractivity contribution >= 4 is 17.4 Å². The lowest BCUT2D eigenvalue weighted by atomic mass is 9.96. The average molecular weight is 369 g/mol. The topological polar surface area (TPSA) is 73.7 Å². The van der Waals surface area contributed by atoms with E-state index in [0.29, 0.717) is 18.7 Å². The lowest BCUT2D eigenvalue weighted by Gasteiger charge is -2.26. The normalized spacial score (nSPS) is 19.1. The van der Waals surface area contributed by atoms with Gasteiger partial charge in [0.05, 0.1) is 11.6 Å². The summed E-state index contributed by atoms with van der Waals surface area (Å²) in [6.07, 6.45) is 3.14. The molecule has 7 heteroatoms. The Hall–Kier alpha value is -3.06. The van der Waals surface area contributed by atoms with Gasteiger partial charge in [-0.25, -0.2) is 4.39 Å². The lowest BCUT2D eigenvalue weighted by molar-refractivity contribution is -0.140. The minimum absolute atomic E-state index is 0.00318. The van der Waals surface area contributed by atoms with Crippen LogP contribution < -0.4 is 0 Å². The second-order valence-corrected chi connectivity index (χ2v) is 6.58. The van der Waals surface area contributed by atoms with E-state index >= 15 is 0 Å². The molecule has 1 aromatic heterocycles. The Morgan fingerprint density at radius 1 is 1.15 bits per heavy atom. The van der Waals surface area contributed by atoms with Gasteiger partial charge in [0.25, 0.3) is 11.7 Å². The van der Waals surface area contributed by atoms with Crippen molar-refractivity contribution < 1.29 is 19.1 Å². The van der Waals surface area contributed by atoms with Crippen molar-refractivity contribution in [2.24, 2.45) is 0 Å². The molecule has 1 atom stereocenters. The van der Waals surface area contributed by atoms with Crippen molar-refractivity contribution in [1.29, 1.82) is 0 Å². The summed E-state index contributed by atoms with van der Waals surface area (Å²) in [6.45, 7) is 0.885. The maximum Gasteiger partial charge on any atom is 0.295 e. The van der Waals surface area contributed by atoms with Crippen molar-refractivity contribution in [3.8, 4) is 0 Å². The monoisotopic (exact) mass is 369 g/mol. The van der Waals surface area contributed by atoms with E-state index in [9.17, 15) is 19.1 Å². The number of rotatable bonds is 5. The molecule has 1 aromatic carbocycles. The summed E-state index contributed by atoms with van der Waals surface area (Å²) in [5, 5.41) is 10.8. The van der Waals surface area contributed by atoms with Crippen LogP contribution in [0.5, 0.6) is 0 Å². The quantitative estimate of drug-likeness (QED) is 0.497. The predicted octanol–water partition coefficient (Wildman–Crippen LogP) is 2.20. The van der Waals surface area contributed by atoms with Crippen molar-refractivity contribution in [1.82, 2.24) is 14.8 Å². The number of amides is 1. The number of Topliss-reactive ketones (excluding diaryl/α,β-unsaturated/α-hetero) is 1. The number of aliphatic hydroxyl groups is 1. The largest absolute Gasteiger partial charge is 0.507 e. The van der Waals surface area contributed by atoms with Crippen LogP contribution in [0.25, 0.3) is 5.76 Å². The van der Waals surface area contributed by atoms with Gasteiger partial charge >= 0.3 is 0 Å². The number of hydrogen-bond acceptors (Lipinski definition) is 5. The van der Waals surface area contributed by atoms with Crippen molar-refractivity contribution in [3.05, 3.63) is 71.3 Å². The Labute approximate surface area is 156 Å². The number of ketones is 1. The SMILES string of the molecule is CN(C)CCN1C(=O)C(=O)C(=C(O)c2ccc(F)cc2)C1c1ccncc1. The molecular formula is C20H20FN3O3. The Bertz CT molecular complexity index is 879. The predicted molar refractivity (Wildman–Crippen MR) is 98.2 cm³/mol. The highest BCUT2D eigenvalue weighted by molar-refractivity contribution is 6.46. The average Bonchev–Trinajstić information content (AvgIpc) is 2.91. The smallest absolute Gasteiger partial charge is 0.295 e. The molecule has 2 aromatic rings. The molecule has 2 heterocycles. The highest BCUT2D eigenvalue weighted by atomic mass is 19.1. The van der Waals surface area contributed by atoms with Crippen LogP contribution >= 0.6 is 0 Å². The fraction of sp³-hybridized carbons (Fsp3) is 0.250. The van der Waals surface area contributed by atoms with E-state index in [1.807, 2.05) is 19.0 Å². The van der Waals surface area contributed by atoms with Crippen molar-refractivity contribution in [2.45, 2.75) is 6.04 Å². The molecule has 0 spiro atoms. The number of likely N-dealkylation sites (tertiary alicyclic amines) is 1. The molecular weight excluding hydrogens is 349 g/mol. The third kappa shape index (κ3) is 3.73. The molecule has 1 aliphatic rings. The summed E-state index contributed by atoms with van der Waals surface area (Å²) in [4.78, 5) is 32.7. The Kier molecular flexibility index (Phi) is 5.32. The van der Waals surface area contributed by atoms with Gasteiger partial charge in [-0.15, -0.1) is 0 Å². The van der Waals surface area contributed by atoms with Gasteiger partial charge in [0.2, 0.25) is 0 Å². The highest BCUT2D eigenvalue weighted by Crippen LogP contribution is 2.38. The number of likely N-dealkylation sites (N-methyl/N-ethyl adjacent to an activating group) is 1. The Morgan fingerprint density at radius 3 is 2.37 bits per heavy atom. The summed E-state index contributed by atoms with van der Waals surface area (Å²) >= 11 is 0. The number of halogens is 1. The minimum Gasteiger partial charge on any atom is -0.507 e. The number of nitrogens with zero attached hydrogens (tertiary/aromatic N) is 3.